The Kier molecular flexibility index (Phi) is 5.68. The van der Waals surface area contributed by atoms with Crippen molar-refractivity contribution in [3.8, 4) is 0 Å². The Morgan fingerprint density at radius 2 is 2.19 bits per heavy atom. The van der Waals surface area contributed by atoms with E-state index in [1.165, 1.54) is 12.8 Å². The third-order valence-electron chi connectivity index (χ3n) is 2.81. The van der Waals surface area contributed by atoms with Crippen LogP contribution < -0.4 is 0 Å². The minimum Gasteiger partial charge on any atom is -0.493 e. The fraction of sp³-hybridized carbons (Fsp3) is 0.615. The maximum atomic E-state index is 11.1. The molecule has 0 aliphatic carbocycles. The highest BCUT2D eigenvalue weighted by atomic mass is 16.5. The number of carbonyl (C=O) groups is 1. The van der Waals surface area contributed by atoms with E-state index in [4.69, 9.17) is 9.84 Å². The van der Waals surface area contributed by atoms with Crippen LogP contribution in [0.25, 0.3) is 0 Å². The van der Waals surface area contributed by atoms with Gasteiger partial charge in [0, 0.05) is 0 Å². The average molecular weight is 224 g/mol. The van der Waals surface area contributed by atoms with Crippen molar-refractivity contribution in [1.82, 2.24) is 0 Å². The summed E-state index contributed by atoms with van der Waals surface area (Å²) in [6.07, 6.45) is 11.8. The molecule has 0 aromatic rings. The van der Waals surface area contributed by atoms with Crippen molar-refractivity contribution in [2.24, 2.45) is 5.92 Å². The van der Waals surface area contributed by atoms with E-state index in [0.29, 0.717) is 6.42 Å². The molecule has 0 radical (unpaired) electrons. The van der Waals surface area contributed by atoms with Gasteiger partial charge in [-0.05, 0) is 18.6 Å². The number of hydrogen-bond acceptors (Lipinski definition) is 2. The van der Waals surface area contributed by atoms with Crippen LogP contribution in [0.1, 0.15) is 39.0 Å². The van der Waals surface area contributed by atoms with E-state index in [-0.39, 0.29) is 6.10 Å². The number of unbranched alkanes of at least 4 members (excludes halogenated alkanes) is 3. The maximum absolute atomic E-state index is 11.1. The lowest BCUT2D eigenvalue weighted by Gasteiger charge is -2.22. The lowest BCUT2D eigenvalue weighted by Crippen LogP contribution is -2.28. The van der Waals surface area contributed by atoms with Crippen LogP contribution in [0.15, 0.2) is 24.5 Å². The van der Waals surface area contributed by atoms with Gasteiger partial charge < -0.3 is 9.84 Å². The third-order valence-corrected chi connectivity index (χ3v) is 2.81. The highest BCUT2D eigenvalue weighted by molar-refractivity contribution is 5.71. The zero-order chi connectivity index (χ0) is 11.8. The quantitative estimate of drug-likeness (QED) is 0.676. The minimum absolute atomic E-state index is 0.302. The van der Waals surface area contributed by atoms with Gasteiger partial charge in [-0.25, -0.2) is 0 Å². The largest absolute Gasteiger partial charge is 0.493 e. The molecule has 2 atom stereocenters. The smallest absolute Gasteiger partial charge is 0.310 e. The molecule has 3 nitrogen and oxygen atoms in total. The second-order valence-corrected chi connectivity index (χ2v) is 4.11. The molecular formula is C13H20O3. The zero-order valence-corrected chi connectivity index (χ0v) is 9.76. The molecule has 1 rings (SSSR count). The molecule has 0 spiro atoms. The van der Waals surface area contributed by atoms with Crippen molar-refractivity contribution in [3.05, 3.63) is 24.5 Å². The van der Waals surface area contributed by atoms with Crippen LogP contribution in [0, 0.1) is 5.92 Å². The Morgan fingerprint density at radius 1 is 1.38 bits per heavy atom. The molecule has 0 aromatic carbocycles. The molecule has 1 aliphatic heterocycles. The van der Waals surface area contributed by atoms with Crippen LogP contribution in [0.3, 0.4) is 0 Å². The molecule has 0 bridgehead atoms. The highest BCUT2D eigenvalue weighted by Gasteiger charge is 2.27. The summed E-state index contributed by atoms with van der Waals surface area (Å²) in [5.41, 5.74) is 0. The van der Waals surface area contributed by atoms with Crippen molar-refractivity contribution in [2.75, 3.05) is 0 Å². The normalized spacial score (nSPS) is 20.4. The van der Waals surface area contributed by atoms with Crippen LogP contribution in [-0.2, 0) is 9.53 Å². The first-order chi connectivity index (χ1) is 7.75. The zero-order valence-electron chi connectivity index (χ0n) is 9.76. The predicted octanol–water partition coefficient (Wildman–Crippen LogP) is 3.13. The minimum atomic E-state index is -0.763. The topological polar surface area (TPSA) is 46.5 Å². The van der Waals surface area contributed by atoms with Crippen LogP contribution in [0.2, 0.25) is 0 Å². The molecule has 3 heteroatoms. The van der Waals surface area contributed by atoms with Gasteiger partial charge in [0.15, 0.2) is 0 Å². The van der Waals surface area contributed by atoms with Gasteiger partial charge in [-0.3, -0.25) is 4.79 Å². The number of carboxylic acid groups (broad SMARTS) is 1. The van der Waals surface area contributed by atoms with Crippen molar-refractivity contribution in [3.63, 3.8) is 0 Å². The van der Waals surface area contributed by atoms with Gasteiger partial charge in [-0.15, -0.1) is 0 Å². The summed E-state index contributed by atoms with van der Waals surface area (Å²) in [5, 5.41) is 9.14. The third kappa shape index (κ3) is 4.09. The molecule has 0 saturated carbocycles. The Morgan fingerprint density at radius 3 is 2.75 bits per heavy atom. The fourth-order valence-corrected chi connectivity index (χ4v) is 1.85. The molecule has 1 N–H and O–H groups in total. The van der Waals surface area contributed by atoms with Crippen molar-refractivity contribution >= 4 is 5.97 Å². The lowest BCUT2D eigenvalue weighted by molar-refractivity contribution is -0.145. The summed E-state index contributed by atoms with van der Waals surface area (Å²) in [4.78, 5) is 11.1. The molecule has 1 aliphatic rings. The number of aliphatic carboxylic acids is 1. The van der Waals surface area contributed by atoms with Crippen molar-refractivity contribution in [2.45, 2.75) is 45.1 Å². The fourth-order valence-electron chi connectivity index (χ4n) is 1.85. The first-order valence-electron chi connectivity index (χ1n) is 5.97. The van der Waals surface area contributed by atoms with E-state index in [1.807, 2.05) is 12.2 Å². The Labute approximate surface area is 96.8 Å². The number of carboxylic acids is 1. The monoisotopic (exact) mass is 224 g/mol. The lowest BCUT2D eigenvalue weighted by atomic mass is 9.94. The van der Waals surface area contributed by atoms with Gasteiger partial charge in [0.2, 0.25) is 0 Å². The second kappa shape index (κ2) is 7.09. The van der Waals surface area contributed by atoms with Crippen LogP contribution in [0.4, 0.5) is 0 Å². The average Bonchev–Trinajstić information content (AvgIpc) is 2.30. The summed E-state index contributed by atoms with van der Waals surface area (Å²) < 4.78 is 5.31. The maximum Gasteiger partial charge on any atom is 0.310 e. The summed E-state index contributed by atoms with van der Waals surface area (Å²) in [7, 11) is 0. The summed E-state index contributed by atoms with van der Waals surface area (Å²) in [5.74, 6) is -1.18. The molecule has 0 aromatic heterocycles. The van der Waals surface area contributed by atoms with E-state index < -0.39 is 11.9 Å². The van der Waals surface area contributed by atoms with Gasteiger partial charge in [0.1, 0.15) is 6.10 Å². The Bertz CT molecular complexity index is 268. The first-order valence-corrected chi connectivity index (χ1v) is 5.97. The molecular weight excluding hydrogens is 204 g/mol. The molecule has 2 unspecified atom stereocenters. The van der Waals surface area contributed by atoms with E-state index >= 15 is 0 Å². The van der Waals surface area contributed by atoms with Crippen LogP contribution >= 0.6 is 0 Å². The van der Waals surface area contributed by atoms with Gasteiger partial charge in [-0.1, -0.05) is 38.7 Å². The van der Waals surface area contributed by atoms with Gasteiger partial charge in [0.25, 0.3) is 0 Å². The molecule has 0 saturated heterocycles. The van der Waals surface area contributed by atoms with Crippen molar-refractivity contribution < 1.29 is 14.6 Å². The summed E-state index contributed by atoms with van der Waals surface area (Å²) in [6, 6.07) is 0. The Balaban J connectivity index is 2.38. The summed E-state index contributed by atoms with van der Waals surface area (Å²) in [6.45, 7) is 2.15. The van der Waals surface area contributed by atoms with E-state index in [1.54, 1.807) is 12.3 Å². The molecule has 90 valence electrons. The number of ether oxygens (including phenoxy) is 1. The van der Waals surface area contributed by atoms with E-state index in [9.17, 15) is 4.79 Å². The van der Waals surface area contributed by atoms with E-state index in [0.717, 1.165) is 12.8 Å². The number of allylic oxidation sites excluding steroid dienone is 2. The standard InChI is InChI=1S/C13H20O3/c1-2-3-4-5-8-11(13(14)15)12-9-6-7-10-16-12/h6-7,9-12H,2-5,8H2,1H3,(H,14,15). The van der Waals surface area contributed by atoms with E-state index in [2.05, 4.69) is 6.92 Å². The first kappa shape index (κ1) is 12.8. The van der Waals surface area contributed by atoms with Gasteiger partial charge in [0.05, 0.1) is 12.2 Å². The number of rotatable bonds is 7. The summed E-state index contributed by atoms with van der Waals surface area (Å²) >= 11 is 0. The second-order valence-electron chi connectivity index (χ2n) is 4.11. The number of hydrogen-bond donors (Lipinski definition) is 1. The predicted molar refractivity (Wildman–Crippen MR) is 63.0 cm³/mol. The van der Waals surface area contributed by atoms with Crippen molar-refractivity contribution in [1.29, 1.82) is 0 Å². The highest BCUT2D eigenvalue weighted by Crippen LogP contribution is 2.20. The van der Waals surface area contributed by atoms with Crippen LogP contribution in [0.5, 0.6) is 0 Å². The molecule has 0 amide bonds. The Hall–Kier alpha value is -1.25. The molecule has 0 fully saturated rings. The van der Waals surface area contributed by atoms with Crippen LogP contribution in [-0.4, -0.2) is 17.2 Å². The molecule has 16 heavy (non-hydrogen) atoms. The van der Waals surface area contributed by atoms with Gasteiger partial charge in [-0.2, -0.15) is 0 Å². The van der Waals surface area contributed by atoms with Gasteiger partial charge >= 0.3 is 5.97 Å². The molecule has 1 heterocycles. The SMILES string of the molecule is CCCCCCC(C(=O)O)C1C=CC=CO1.